The average molecular weight is 409 g/mol. The summed E-state index contributed by atoms with van der Waals surface area (Å²) in [7, 11) is 0. The SMILES string of the molecule is NC(=O)c1ccc(CC2CCCCC2NCC(O)Oc2ccc3nc[nH]c3c2)cc1. The van der Waals surface area contributed by atoms with Gasteiger partial charge in [0.05, 0.1) is 23.9 Å². The van der Waals surface area contributed by atoms with E-state index in [0.717, 1.165) is 30.3 Å². The number of aliphatic hydroxyl groups is 1. The van der Waals surface area contributed by atoms with Gasteiger partial charge in [0.25, 0.3) is 0 Å². The fraction of sp³-hybridized carbons (Fsp3) is 0.391. The van der Waals surface area contributed by atoms with E-state index in [2.05, 4.69) is 15.3 Å². The molecule has 0 radical (unpaired) electrons. The van der Waals surface area contributed by atoms with Gasteiger partial charge in [0.2, 0.25) is 12.2 Å². The second kappa shape index (κ2) is 9.28. The molecule has 30 heavy (non-hydrogen) atoms. The minimum atomic E-state index is -0.928. The molecule has 7 nitrogen and oxygen atoms in total. The summed E-state index contributed by atoms with van der Waals surface area (Å²) >= 11 is 0. The van der Waals surface area contributed by atoms with Crippen LogP contribution in [0.25, 0.3) is 11.0 Å². The number of carbonyl (C=O) groups excluding carboxylic acids is 1. The molecule has 1 amide bonds. The Hall–Kier alpha value is -2.90. The second-order valence-corrected chi connectivity index (χ2v) is 7.98. The number of aromatic nitrogens is 2. The fourth-order valence-corrected chi connectivity index (χ4v) is 4.27. The zero-order chi connectivity index (χ0) is 20.9. The Balaban J connectivity index is 1.31. The maximum atomic E-state index is 11.3. The lowest BCUT2D eigenvalue weighted by Crippen LogP contribution is -2.44. The van der Waals surface area contributed by atoms with Gasteiger partial charge in [0.15, 0.2) is 0 Å². The van der Waals surface area contributed by atoms with Crippen molar-refractivity contribution in [3.63, 3.8) is 0 Å². The van der Waals surface area contributed by atoms with Gasteiger partial charge in [-0.1, -0.05) is 25.0 Å². The molecule has 3 atom stereocenters. The van der Waals surface area contributed by atoms with E-state index >= 15 is 0 Å². The second-order valence-electron chi connectivity index (χ2n) is 7.98. The molecule has 1 aromatic heterocycles. The molecule has 1 aliphatic rings. The van der Waals surface area contributed by atoms with E-state index in [9.17, 15) is 9.90 Å². The van der Waals surface area contributed by atoms with E-state index in [-0.39, 0.29) is 0 Å². The summed E-state index contributed by atoms with van der Waals surface area (Å²) in [5.74, 6) is 0.682. The van der Waals surface area contributed by atoms with Crippen LogP contribution in [0.5, 0.6) is 5.75 Å². The Bertz CT molecular complexity index is 986. The van der Waals surface area contributed by atoms with E-state index in [1.165, 1.54) is 18.4 Å². The summed E-state index contributed by atoms with van der Waals surface area (Å²) < 4.78 is 5.67. The number of imidazole rings is 1. The highest BCUT2D eigenvalue weighted by atomic mass is 16.6. The lowest BCUT2D eigenvalue weighted by atomic mass is 9.80. The Morgan fingerprint density at radius 2 is 2.03 bits per heavy atom. The standard InChI is InChI=1S/C23H28N4O3/c24-23(29)16-7-5-15(6-8-16)11-17-3-1-2-4-19(17)25-13-22(28)30-18-9-10-20-21(12-18)27-14-26-20/h5-10,12,14,17,19,22,25,28H,1-4,11,13H2,(H2,24,29)(H,26,27). The first-order chi connectivity index (χ1) is 14.6. The normalized spacial score (nSPS) is 20.2. The summed E-state index contributed by atoms with van der Waals surface area (Å²) in [5.41, 5.74) is 8.80. The minimum absolute atomic E-state index is 0.322. The highest BCUT2D eigenvalue weighted by Gasteiger charge is 2.25. The van der Waals surface area contributed by atoms with Gasteiger partial charge < -0.3 is 25.9 Å². The van der Waals surface area contributed by atoms with Crippen LogP contribution < -0.4 is 15.8 Å². The Kier molecular flexibility index (Phi) is 6.30. The number of ether oxygens (including phenoxy) is 1. The van der Waals surface area contributed by atoms with Crippen molar-refractivity contribution in [1.82, 2.24) is 15.3 Å². The summed E-state index contributed by atoms with van der Waals surface area (Å²) in [6.45, 7) is 0.364. The van der Waals surface area contributed by atoms with E-state index in [1.807, 2.05) is 30.3 Å². The maximum Gasteiger partial charge on any atom is 0.248 e. The van der Waals surface area contributed by atoms with Crippen molar-refractivity contribution in [3.05, 3.63) is 59.9 Å². The molecule has 0 saturated heterocycles. The number of primary amides is 1. The number of nitrogens with zero attached hydrogens (tertiary/aromatic N) is 1. The number of aliphatic hydroxyl groups excluding tert-OH is 1. The molecule has 3 unspecified atom stereocenters. The fourth-order valence-electron chi connectivity index (χ4n) is 4.27. The van der Waals surface area contributed by atoms with E-state index in [4.69, 9.17) is 10.5 Å². The lowest BCUT2D eigenvalue weighted by Gasteiger charge is -2.33. The first-order valence-electron chi connectivity index (χ1n) is 10.5. The van der Waals surface area contributed by atoms with Crippen LogP contribution in [0.2, 0.25) is 0 Å². The monoisotopic (exact) mass is 408 g/mol. The number of aromatic amines is 1. The Labute approximate surface area is 175 Å². The molecule has 158 valence electrons. The van der Waals surface area contributed by atoms with Crippen molar-refractivity contribution in [2.24, 2.45) is 11.7 Å². The number of hydrogen-bond acceptors (Lipinski definition) is 5. The van der Waals surface area contributed by atoms with Gasteiger partial charge in [-0.2, -0.15) is 0 Å². The van der Waals surface area contributed by atoms with Crippen LogP contribution in [-0.4, -0.2) is 39.9 Å². The third-order valence-electron chi connectivity index (χ3n) is 5.86. The van der Waals surface area contributed by atoms with Crippen molar-refractivity contribution >= 4 is 16.9 Å². The molecule has 1 aliphatic carbocycles. The number of nitrogens with one attached hydrogen (secondary N) is 2. The van der Waals surface area contributed by atoms with Crippen LogP contribution in [0, 0.1) is 5.92 Å². The molecule has 5 N–H and O–H groups in total. The molecule has 0 spiro atoms. The van der Waals surface area contributed by atoms with Crippen molar-refractivity contribution in [2.45, 2.75) is 44.4 Å². The first kappa shape index (κ1) is 20.4. The lowest BCUT2D eigenvalue weighted by molar-refractivity contribution is -0.0191. The molecular formula is C23H28N4O3. The molecule has 1 fully saturated rings. The number of fused-ring (bicyclic) bond motifs is 1. The number of hydrogen-bond donors (Lipinski definition) is 4. The van der Waals surface area contributed by atoms with Crippen LogP contribution in [0.3, 0.4) is 0 Å². The van der Waals surface area contributed by atoms with E-state index < -0.39 is 12.2 Å². The number of amides is 1. The van der Waals surface area contributed by atoms with Crippen LogP contribution in [0.4, 0.5) is 0 Å². The molecule has 0 aliphatic heterocycles. The molecule has 1 saturated carbocycles. The van der Waals surface area contributed by atoms with Gasteiger partial charge in [0.1, 0.15) is 5.75 Å². The van der Waals surface area contributed by atoms with Gasteiger partial charge in [0, 0.05) is 17.7 Å². The van der Waals surface area contributed by atoms with Gasteiger partial charge in [-0.05, 0) is 55.0 Å². The third kappa shape index (κ3) is 4.98. The Morgan fingerprint density at radius 3 is 2.83 bits per heavy atom. The highest BCUT2D eigenvalue weighted by Crippen LogP contribution is 2.28. The Morgan fingerprint density at radius 1 is 1.23 bits per heavy atom. The summed E-state index contributed by atoms with van der Waals surface area (Å²) in [5, 5.41) is 13.9. The zero-order valence-corrected chi connectivity index (χ0v) is 16.9. The van der Waals surface area contributed by atoms with Gasteiger partial charge in [-0.15, -0.1) is 0 Å². The average Bonchev–Trinajstić information content (AvgIpc) is 3.21. The van der Waals surface area contributed by atoms with Crippen LogP contribution >= 0.6 is 0 Å². The summed E-state index contributed by atoms with van der Waals surface area (Å²) in [6.07, 6.45) is 6.26. The molecular weight excluding hydrogens is 380 g/mol. The van der Waals surface area contributed by atoms with Gasteiger partial charge >= 0.3 is 0 Å². The highest BCUT2D eigenvalue weighted by molar-refractivity contribution is 5.92. The molecule has 3 aromatic rings. The zero-order valence-electron chi connectivity index (χ0n) is 16.9. The minimum Gasteiger partial charge on any atom is -0.464 e. The molecule has 1 heterocycles. The largest absolute Gasteiger partial charge is 0.464 e. The maximum absolute atomic E-state index is 11.3. The van der Waals surface area contributed by atoms with Gasteiger partial charge in [-0.3, -0.25) is 4.79 Å². The van der Waals surface area contributed by atoms with Crippen molar-refractivity contribution in [3.8, 4) is 5.75 Å². The number of H-pyrrole nitrogens is 1. The van der Waals surface area contributed by atoms with E-state index in [1.54, 1.807) is 18.5 Å². The topological polar surface area (TPSA) is 113 Å². The number of carbonyl (C=O) groups is 1. The molecule has 4 rings (SSSR count). The third-order valence-corrected chi connectivity index (χ3v) is 5.86. The molecule has 2 aromatic carbocycles. The summed E-state index contributed by atoms with van der Waals surface area (Å²) in [4.78, 5) is 18.5. The van der Waals surface area contributed by atoms with Gasteiger partial charge in [-0.25, -0.2) is 4.98 Å². The smallest absolute Gasteiger partial charge is 0.248 e. The van der Waals surface area contributed by atoms with E-state index in [0.29, 0.717) is 29.8 Å². The quantitative estimate of drug-likeness (QED) is 0.428. The predicted octanol–water partition coefficient (Wildman–Crippen LogP) is 2.75. The van der Waals surface area contributed by atoms with Crippen molar-refractivity contribution in [2.75, 3.05) is 6.54 Å². The number of nitrogens with two attached hydrogens (primary N) is 1. The van der Waals surface area contributed by atoms with Crippen molar-refractivity contribution < 1.29 is 14.6 Å². The molecule has 0 bridgehead atoms. The molecule has 7 heteroatoms. The number of rotatable bonds is 8. The first-order valence-corrected chi connectivity index (χ1v) is 10.5. The van der Waals surface area contributed by atoms with Crippen LogP contribution in [0.1, 0.15) is 41.6 Å². The van der Waals surface area contributed by atoms with Crippen molar-refractivity contribution in [1.29, 1.82) is 0 Å². The van der Waals surface area contributed by atoms with Crippen LogP contribution in [-0.2, 0) is 6.42 Å². The van der Waals surface area contributed by atoms with Crippen LogP contribution in [0.15, 0.2) is 48.8 Å². The predicted molar refractivity (Wildman–Crippen MR) is 115 cm³/mol. The number of benzene rings is 2. The summed E-state index contributed by atoms with van der Waals surface area (Å²) in [6, 6.07) is 13.4.